The van der Waals surface area contributed by atoms with Crippen LogP contribution in [-0.4, -0.2) is 10.6 Å². The number of fused-ring (bicyclic) bond motifs is 1. The Labute approximate surface area is 102 Å². The van der Waals surface area contributed by atoms with E-state index in [1.165, 1.54) is 0 Å². The maximum Gasteiger partial charge on any atom is 0.133 e. The van der Waals surface area contributed by atoms with Crippen LogP contribution in [0.3, 0.4) is 0 Å². The maximum absolute atomic E-state index is 12.6. The van der Waals surface area contributed by atoms with Gasteiger partial charge in [0.25, 0.3) is 0 Å². The van der Waals surface area contributed by atoms with Crippen molar-refractivity contribution in [3.05, 3.63) is 23.6 Å². The summed E-state index contributed by atoms with van der Waals surface area (Å²) in [7, 11) is 0. The molecular formula is C9H9FNOY-. The number of hydrogen-bond donors (Lipinski definition) is 0. The van der Waals surface area contributed by atoms with Crippen molar-refractivity contribution in [2.75, 3.05) is 0 Å². The molecule has 1 aliphatic rings. The van der Waals surface area contributed by atoms with E-state index in [0.717, 1.165) is 12.0 Å². The van der Waals surface area contributed by atoms with Crippen molar-refractivity contribution in [3.8, 4) is 5.88 Å². The fraction of sp³-hybridized carbons (Fsp3) is 0.444. The zero-order valence-electron chi connectivity index (χ0n) is 7.60. The monoisotopic (exact) mass is 255 g/mol. The normalized spacial score (nSPS) is 17.2. The van der Waals surface area contributed by atoms with Crippen molar-refractivity contribution in [1.29, 1.82) is 0 Å². The van der Waals surface area contributed by atoms with Gasteiger partial charge in [-0.3, -0.25) is 0 Å². The summed E-state index contributed by atoms with van der Waals surface area (Å²) in [6.45, 7) is 3.90. The molecule has 1 aliphatic heterocycles. The molecule has 1 aromatic rings. The standard InChI is InChI=1S/C9H9FNO.Y/c1-9(2)5-6-3-4-7(10)11-8(6)12-9;/h3H,5H2,1-2H3;/q-1;. The Hall–Kier alpha value is -0.0161. The molecule has 4 heteroatoms. The number of hydrogen-bond acceptors (Lipinski definition) is 2. The van der Waals surface area contributed by atoms with Crippen LogP contribution < -0.4 is 4.74 Å². The molecular weight excluding hydrogens is 246 g/mol. The molecule has 0 spiro atoms. The van der Waals surface area contributed by atoms with Crippen molar-refractivity contribution in [3.63, 3.8) is 0 Å². The van der Waals surface area contributed by atoms with Crippen molar-refractivity contribution < 1.29 is 41.8 Å². The van der Waals surface area contributed by atoms with Crippen LogP contribution >= 0.6 is 0 Å². The van der Waals surface area contributed by atoms with Crippen LogP contribution in [0.1, 0.15) is 19.4 Å². The third-order valence-corrected chi connectivity index (χ3v) is 1.83. The zero-order chi connectivity index (χ0) is 8.77. The first kappa shape index (κ1) is 11.1. The average Bonchev–Trinajstić information content (AvgIpc) is 2.21. The number of pyridine rings is 1. The van der Waals surface area contributed by atoms with Gasteiger partial charge in [0, 0.05) is 32.7 Å². The second kappa shape index (κ2) is 3.62. The Balaban J connectivity index is 0.000000845. The van der Waals surface area contributed by atoms with Gasteiger partial charge < -0.3 is 4.74 Å². The molecule has 0 bridgehead atoms. The van der Waals surface area contributed by atoms with E-state index in [1.54, 1.807) is 6.07 Å². The Kier molecular flexibility index (Phi) is 3.08. The van der Waals surface area contributed by atoms with Gasteiger partial charge in [0.1, 0.15) is 11.8 Å². The summed E-state index contributed by atoms with van der Waals surface area (Å²) in [5.74, 6) is -0.192. The molecule has 2 rings (SSSR count). The Morgan fingerprint density at radius 2 is 2.31 bits per heavy atom. The molecule has 67 valence electrons. The summed E-state index contributed by atoms with van der Waals surface area (Å²) in [5, 5.41) is 0. The van der Waals surface area contributed by atoms with Crippen molar-refractivity contribution in [2.45, 2.75) is 25.9 Å². The summed E-state index contributed by atoms with van der Waals surface area (Å²) in [6.07, 6.45) is 0.770. The van der Waals surface area contributed by atoms with E-state index in [9.17, 15) is 4.39 Å². The van der Waals surface area contributed by atoms with E-state index in [4.69, 9.17) is 4.74 Å². The van der Waals surface area contributed by atoms with Gasteiger partial charge in [0.15, 0.2) is 0 Å². The van der Waals surface area contributed by atoms with Crippen molar-refractivity contribution in [1.82, 2.24) is 4.98 Å². The van der Waals surface area contributed by atoms with Crippen LogP contribution in [0.15, 0.2) is 6.07 Å². The van der Waals surface area contributed by atoms with E-state index in [0.29, 0.717) is 5.88 Å². The fourth-order valence-corrected chi connectivity index (χ4v) is 1.37. The van der Waals surface area contributed by atoms with Gasteiger partial charge >= 0.3 is 0 Å². The Morgan fingerprint density at radius 1 is 1.62 bits per heavy atom. The van der Waals surface area contributed by atoms with Crippen LogP contribution in [0.5, 0.6) is 5.88 Å². The summed E-state index contributed by atoms with van der Waals surface area (Å²) in [6, 6.07) is 4.02. The first-order valence-corrected chi connectivity index (χ1v) is 3.83. The SMILES string of the molecule is CC1(C)Cc2c[c-]c(F)nc2O1.[Y]. The predicted molar refractivity (Wildman–Crippen MR) is 41.4 cm³/mol. The van der Waals surface area contributed by atoms with Crippen LogP contribution in [-0.2, 0) is 39.1 Å². The third-order valence-electron chi connectivity index (χ3n) is 1.83. The van der Waals surface area contributed by atoms with E-state index in [1.807, 2.05) is 13.8 Å². The largest absolute Gasteiger partial charge is 0.488 e. The van der Waals surface area contributed by atoms with Crippen LogP contribution in [0.4, 0.5) is 4.39 Å². The number of aromatic nitrogens is 1. The van der Waals surface area contributed by atoms with Gasteiger partial charge in [-0.2, -0.15) is 6.07 Å². The molecule has 0 aromatic carbocycles. The zero-order valence-corrected chi connectivity index (χ0v) is 10.4. The minimum Gasteiger partial charge on any atom is -0.488 e. The predicted octanol–water partition coefficient (Wildman–Crippen LogP) is 1.73. The number of rotatable bonds is 0. The van der Waals surface area contributed by atoms with Crippen LogP contribution in [0.2, 0.25) is 0 Å². The van der Waals surface area contributed by atoms with Gasteiger partial charge in [-0.1, -0.05) is 6.42 Å². The van der Waals surface area contributed by atoms with Crippen LogP contribution in [0.25, 0.3) is 0 Å². The average molecular weight is 255 g/mol. The maximum atomic E-state index is 12.6. The molecule has 0 saturated heterocycles. The molecule has 1 radical (unpaired) electrons. The molecule has 0 amide bonds. The molecule has 0 N–H and O–H groups in total. The second-order valence-corrected chi connectivity index (χ2v) is 3.56. The summed E-state index contributed by atoms with van der Waals surface area (Å²) in [4.78, 5) is 3.60. The smallest absolute Gasteiger partial charge is 0.133 e. The fourth-order valence-electron chi connectivity index (χ4n) is 1.37. The molecule has 2 heterocycles. The summed E-state index contributed by atoms with van der Waals surface area (Å²) in [5.41, 5.74) is 0.679. The van der Waals surface area contributed by atoms with Crippen molar-refractivity contribution >= 4 is 0 Å². The van der Waals surface area contributed by atoms with E-state index >= 15 is 0 Å². The topological polar surface area (TPSA) is 22.1 Å². The van der Waals surface area contributed by atoms with Gasteiger partial charge in [-0.05, 0) is 13.8 Å². The first-order valence-electron chi connectivity index (χ1n) is 3.83. The Morgan fingerprint density at radius 3 is 3.00 bits per heavy atom. The Bertz CT molecular complexity index is 327. The minimum atomic E-state index is -0.605. The third kappa shape index (κ3) is 2.26. The number of nitrogens with zero attached hydrogens (tertiary/aromatic N) is 1. The number of halogens is 1. The minimum absolute atomic E-state index is 0. The number of ether oxygens (including phenoxy) is 1. The van der Waals surface area contributed by atoms with E-state index in [2.05, 4.69) is 11.1 Å². The molecule has 0 aliphatic carbocycles. The van der Waals surface area contributed by atoms with E-state index < -0.39 is 5.95 Å². The van der Waals surface area contributed by atoms with Gasteiger partial charge in [0.05, 0.1) is 5.60 Å². The molecule has 0 unspecified atom stereocenters. The molecule has 0 saturated carbocycles. The van der Waals surface area contributed by atoms with Crippen LogP contribution in [0, 0.1) is 12.0 Å². The second-order valence-electron chi connectivity index (χ2n) is 3.56. The van der Waals surface area contributed by atoms with Gasteiger partial charge in [-0.15, -0.1) is 5.56 Å². The molecule has 1 aromatic heterocycles. The summed E-state index contributed by atoms with van der Waals surface area (Å²) >= 11 is 0. The first-order chi connectivity index (χ1) is 5.57. The summed E-state index contributed by atoms with van der Waals surface area (Å²) < 4.78 is 18.0. The van der Waals surface area contributed by atoms with E-state index in [-0.39, 0.29) is 38.3 Å². The molecule has 0 atom stereocenters. The van der Waals surface area contributed by atoms with Gasteiger partial charge in [0.2, 0.25) is 0 Å². The molecule has 2 nitrogen and oxygen atoms in total. The quantitative estimate of drug-likeness (QED) is 0.520. The molecule has 0 fully saturated rings. The van der Waals surface area contributed by atoms with Gasteiger partial charge in [-0.25, -0.2) is 15.4 Å². The molecule has 13 heavy (non-hydrogen) atoms. The van der Waals surface area contributed by atoms with Crippen molar-refractivity contribution in [2.24, 2.45) is 0 Å².